The van der Waals surface area contributed by atoms with Crippen LogP contribution in [0, 0.1) is 0 Å². The molecule has 0 spiro atoms. The van der Waals surface area contributed by atoms with Gasteiger partial charge in [-0.15, -0.1) is 0 Å². The highest BCUT2D eigenvalue weighted by molar-refractivity contribution is 9.10. The van der Waals surface area contributed by atoms with E-state index in [-0.39, 0.29) is 6.03 Å². The zero-order valence-corrected chi connectivity index (χ0v) is 14.9. The molecule has 7 heteroatoms. The summed E-state index contributed by atoms with van der Waals surface area (Å²) in [5.74, 6) is 0. The Morgan fingerprint density at radius 2 is 1.88 bits per heavy atom. The fraction of sp³-hybridized carbons (Fsp3) is 0.0588. The van der Waals surface area contributed by atoms with Gasteiger partial charge in [0.05, 0.1) is 18.4 Å². The average molecular weight is 406 g/mol. The number of hydrogen-bond acceptors (Lipinski definition) is 2. The first-order valence-corrected chi connectivity index (χ1v) is 8.36. The molecule has 3 rings (SSSR count). The van der Waals surface area contributed by atoms with Crippen molar-refractivity contribution in [3.8, 4) is 0 Å². The molecule has 0 fully saturated rings. The minimum Gasteiger partial charge on any atom is -0.308 e. The molecule has 0 radical (unpaired) electrons. The lowest BCUT2D eigenvalue weighted by Gasteiger charge is -2.06. The Bertz CT molecular complexity index is 848. The van der Waals surface area contributed by atoms with Crippen LogP contribution in [0.4, 0.5) is 16.2 Å². The normalized spacial score (nSPS) is 10.4. The molecule has 0 atom stereocenters. The number of carbonyl (C=O) groups excluding carboxylic acids is 1. The summed E-state index contributed by atoms with van der Waals surface area (Å²) < 4.78 is 2.80. The Morgan fingerprint density at radius 1 is 1.12 bits per heavy atom. The maximum atomic E-state index is 12.0. The number of nitrogens with one attached hydrogen (secondary N) is 2. The number of hydrogen-bond donors (Lipinski definition) is 2. The van der Waals surface area contributed by atoms with E-state index in [1.165, 1.54) is 0 Å². The van der Waals surface area contributed by atoms with E-state index in [0.29, 0.717) is 22.9 Å². The van der Waals surface area contributed by atoms with Crippen molar-refractivity contribution in [2.45, 2.75) is 6.54 Å². The van der Waals surface area contributed by atoms with E-state index in [1.54, 1.807) is 41.3 Å². The zero-order valence-electron chi connectivity index (χ0n) is 12.5. The lowest BCUT2D eigenvalue weighted by atomic mass is 10.2. The highest BCUT2D eigenvalue weighted by Gasteiger charge is 2.05. The van der Waals surface area contributed by atoms with Gasteiger partial charge in [-0.2, -0.15) is 5.10 Å². The summed E-state index contributed by atoms with van der Waals surface area (Å²) in [6, 6.07) is 14.6. The Labute approximate surface area is 152 Å². The standard InChI is InChI=1S/C17H14BrClN4O/c18-13-6-4-12(5-7-13)10-23-11-16(9-20-23)22-17(24)21-15-3-1-2-14(19)8-15/h1-9,11H,10H2,(H2,21,22,24). The average Bonchev–Trinajstić information content (AvgIpc) is 2.96. The predicted octanol–water partition coefficient (Wildman–Crippen LogP) is 4.99. The topological polar surface area (TPSA) is 59.0 Å². The second kappa shape index (κ2) is 7.51. The molecule has 1 heterocycles. The molecule has 0 unspecified atom stereocenters. The molecule has 0 aliphatic carbocycles. The Morgan fingerprint density at radius 3 is 2.62 bits per heavy atom. The van der Waals surface area contributed by atoms with E-state index in [0.717, 1.165) is 10.0 Å². The molecule has 0 aliphatic heterocycles. The van der Waals surface area contributed by atoms with Gasteiger partial charge in [0, 0.05) is 21.4 Å². The maximum Gasteiger partial charge on any atom is 0.323 e. The largest absolute Gasteiger partial charge is 0.323 e. The minimum atomic E-state index is -0.347. The molecule has 2 aromatic carbocycles. The molecule has 122 valence electrons. The Balaban J connectivity index is 1.59. The van der Waals surface area contributed by atoms with Crippen LogP contribution in [0.1, 0.15) is 5.56 Å². The van der Waals surface area contributed by atoms with Crippen molar-refractivity contribution >= 4 is 44.9 Å². The summed E-state index contributed by atoms with van der Waals surface area (Å²) >= 11 is 9.30. The molecule has 2 amide bonds. The van der Waals surface area contributed by atoms with Gasteiger partial charge in [-0.3, -0.25) is 4.68 Å². The SMILES string of the molecule is O=C(Nc1cccc(Cl)c1)Nc1cnn(Cc2ccc(Br)cc2)c1. The van der Waals surface area contributed by atoms with Crippen molar-refractivity contribution in [1.29, 1.82) is 0 Å². The third-order valence-electron chi connectivity index (χ3n) is 3.23. The molecular weight excluding hydrogens is 392 g/mol. The highest BCUT2D eigenvalue weighted by Crippen LogP contribution is 2.16. The number of benzene rings is 2. The van der Waals surface area contributed by atoms with E-state index >= 15 is 0 Å². The number of nitrogens with zero attached hydrogens (tertiary/aromatic N) is 2. The minimum absolute atomic E-state index is 0.347. The number of anilines is 2. The maximum absolute atomic E-state index is 12.0. The molecule has 0 saturated heterocycles. The number of aromatic nitrogens is 2. The molecule has 0 aliphatic rings. The highest BCUT2D eigenvalue weighted by atomic mass is 79.9. The van der Waals surface area contributed by atoms with Crippen LogP contribution in [0.25, 0.3) is 0 Å². The van der Waals surface area contributed by atoms with E-state index in [4.69, 9.17) is 11.6 Å². The molecule has 0 saturated carbocycles. The number of urea groups is 1. The summed E-state index contributed by atoms with van der Waals surface area (Å²) in [5, 5.41) is 10.3. The van der Waals surface area contributed by atoms with Crippen molar-refractivity contribution < 1.29 is 4.79 Å². The molecule has 0 bridgehead atoms. The first kappa shape index (κ1) is 16.5. The van der Waals surface area contributed by atoms with Gasteiger partial charge in [-0.05, 0) is 35.9 Å². The van der Waals surface area contributed by atoms with Crippen molar-refractivity contribution in [2.75, 3.05) is 10.6 Å². The van der Waals surface area contributed by atoms with Crippen molar-refractivity contribution in [3.63, 3.8) is 0 Å². The van der Waals surface area contributed by atoms with Crippen LogP contribution in [0.15, 0.2) is 65.4 Å². The van der Waals surface area contributed by atoms with Gasteiger partial charge in [0.15, 0.2) is 0 Å². The summed E-state index contributed by atoms with van der Waals surface area (Å²) in [6.07, 6.45) is 3.38. The van der Waals surface area contributed by atoms with E-state index in [2.05, 4.69) is 31.7 Å². The smallest absolute Gasteiger partial charge is 0.308 e. The quantitative estimate of drug-likeness (QED) is 0.642. The summed E-state index contributed by atoms with van der Waals surface area (Å²) in [6.45, 7) is 0.630. The third-order valence-corrected chi connectivity index (χ3v) is 4.00. The van der Waals surface area contributed by atoms with Crippen LogP contribution >= 0.6 is 27.5 Å². The lowest BCUT2D eigenvalue weighted by Crippen LogP contribution is -2.19. The van der Waals surface area contributed by atoms with Gasteiger partial charge in [0.1, 0.15) is 0 Å². The molecule has 3 aromatic rings. The van der Waals surface area contributed by atoms with Gasteiger partial charge >= 0.3 is 6.03 Å². The molecule has 24 heavy (non-hydrogen) atoms. The second-order valence-corrected chi connectivity index (χ2v) is 6.49. The van der Waals surface area contributed by atoms with E-state index in [1.807, 2.05) is 24.3 Å². The first-order chi connectivity index (χ1) is 11.6. The number of halogens is 2. The fourth-order valence-corrected chi connectivity index (χ4v) is 2.61. The van der Waals surface area contributed by atoms with Gasteiger partial charge in [-0.25, -0.2) is 4.79 Å². The summed E-state index contributed by atoms with van der Waals surface area (Å²) in [5.41, 5.74) is 2.37. The van der Waals surface area contributed by atoms with Gasteiger partial charge in [-0.1, -0.05) is 45.7 Å². The summed E-state index contributed by atoms with van der Waals surface area (Å²) in [4.78, 5) is 12.0. The Kier molecular flexibility index (Phi) is 5.17. The number of carbonyl (C=O) groups is 1. The molecule has 1 aromatic heterocycles. The van der Waals surface area contributed by atoms with Crippen molar-refractivity contribution in [2.24, 2.45) is 0 Å². The second-order valence-electron chi connectivity index (χ2n) is 5.14. The number of amides is 2. The van der Waals surface area contributed by atoms with Crippen LogP contribution in [0.2, 0.25) is 5.02 Å². The van der Waals surface area contributed by atoms with Crippen LogP contribution in [-0.4, -0.2) is 15.8 Å². The van der Waals surface area contributed by atoms with Gasteiger partial charge in [0.2, 0.25) is 0 Å². The molecular formula is C17H14BrClN4O. The third kappa shape index (κ3) is 4.59. The monoisotopic (exact) mass is 404 g/mol. The van der Waals surface area contributed by atoms with Crippen LogP contribution in [-0.2, 0) is 6.54 Å². The van der Waals surface area contributed by atoms with Gasteiger partial charge < -0.3 is 10.6 Å². The van der Waals surface area contributed by atoms with Gasteiger partial charge in [0.25, 0.3) is 0 Å². The van der Waals surface area contributed by atoms with E-state index in [9.17, 15) is 4.79 Å². The summed E-state index contributed by atoms with van der Waals surface area (Å²) in [7, 11) is 0. The molecule has 5 nitrogen and oxygen atoms in total. The fourth-order valence-electron chi connectivity index (χ4n) is 2.15. The zero-order chi connectivity index (χ0) is 16.9. The lowest BCUT2D eigenvalue weighted by molar-refractivity contribution is 0.262. The van der Waals surface area contributed by atoms with Crippen molar-refractivity contribution in [1.82, 2.24) is 9.78 Å². The molecule has 2 N–H and O–H groups in total. The van der Waals surface area contributed by atoms with Crippen LogP contribution in [0.3, 0.4) is 0 Å². The Hall–Kier alpha value is -2.31. The van der Waals surface area contributed by atoms with Crippen LogP contribution in [0.5, 0.6) is 0 Å². The number of rotatable bonds is 4. The van der Waals surface area contributed by atoms with Crippen molar-refractivity contribution in [3.05, 3.63) is 76.0 Å². The van der Waals surface area contributed by atoms with E-state index < -0.39 is 0 Å². The predicted molar refractivity (Wildman–Crippen MR) is 99.6 cm³/mol. The first-order valence-electron chi connectivity index (χ1n) is 7.19. The van der Waals surface area contributed by atoms with Crippen LogP contribution < -0.4 is 10.6 Å².